The van der Waals surface area contributed by atoms with Gasteiger partial charge in [-0.3, -0.25) is 5.01 Å². The van der Waals surface area contributed by atoms with E-state index in [1.807, 2.05) is 0 Å². The molecule has 0 fully saturated rings. The summed E-state index contributed by atoms with van der Waals surface area (Å²) in [6.45, 7) is 0. The molecule has 0 saturated heterocycles. The smallest absolute Gasteiger partial charge is 0.284 e. The van der Waals surface area contributed by atoms with Gasteiger partial charge in [-0.25, -0.2) is 0 Å². The molecule has 0 unspecified atom stereocenters. The number of nitrogens with zero attached hydrogens (tertiary/aromatic N) is 3. The largest absolute Gasteiger partial charge is 0.301 e. The zero-order valence-electron chi connectivity index (χ0n) is 7.95. The van der Waals surface area contributed by atoms with Crippen molar-refractivity contribution in [1.82, 2.24) is 5.01 Å². The van der Waals surface area contributed by atoms with Gasteiger partial charge >= 0.3 is 10.0 Å². The Bertz CT molecular complexity index is 411. The highest BCUT2D eigenvalue weighted by atomic mass is 32.2. The van der Waals surface area contributed by atoms with E-state index in [1.165, 1.54) is 17.1 Å². The third-order valence-corrected chi connectivity index (χ3v) is 2.52. The maximum absolute atomic E-state index is 11.4. The Morgan fingerprint density at radius 1 is 1.14 bits per heavy atom. The van der Waals surface area contributed by atoms with Crippen LogP contribution in [0.15, 0.2) is 45.0 Å². The highest BCUT2D eigenvalue weighted by Gasteiger charge is 2.11. The topological polar surface area (TPSA) is 62.1 Å². The lowest BCUT2D eigenvalue weighted by atomic mass is 10.4. The fourth-order valence-electron chi connectivity index (χ4n) is 0.761. The number of hydrogen-bond acceptors (Lipinski definition) is 3. The van der Waals surface area contributed by atoms with Crippen LogP contribution < -0.4 is 0 Å². The average Bonchev–Trinajstić information content (AvgIpc) is 2.16. The van der Waals surface area contributed by atoms with Gasteiger partial charge < -0.3 is 0 Å². The summed E-state index contributed by atoms with van der Waals surface area (Å²) in [5.41, 5.74) is 0. The van der Waals surface area contributed by atoms with E-state index in [1.54, 1.807) is 32.3 Å². The quantitative estimate of drug-likeness (QED) is 0.561. The summed E-state index contributed by atoms with van der Waals surface area (Å²) in [5.74, 6) is 0. The summed E-state index contributed by atoms with van der Waals surface area (Å²) in [7, 11) is -0.436. The molecule has 1 rings (SSSR count). The number of hydrogen-bond donors (Lipinski definition) is 0. The van der Waals surface area contributed by atoms with Gasteiger partial charge in [0.1, 0.15) is 0 Å². The van der Waals surface area contributed by atoms with Gasteiger partial charge in [-0.1, -0.05) is 23.4 Å². The first-order valence-corrected chi connectivity index (χ1v) is 5.37. The Morgan fingerprint density at radius 2 is 1.71 bits per heavy atom. The minimum atomic E-state index is -3.64. The van der Waals surface area contributed by atoms with E-state index in [0.717, 1.165) is 0 Å². The molecular formula is C8H11N3O2S. The van der Waals surface area contributed by atoms with Gasteiger partial charge in [0.15, 0.2) is 0 Å². The van der Waals surface area contributed by atoms with Crippen molar-refractivity contribution in [3.05, 3.63) is 30.3 Å². The average molecular weight is 213 g/mol. The molecule has 1 aromatic carbocycles. The summed E-state index contributed by atoms with van der Waals surface area (Å²) in [6.07, 6.45) is 0. The van der Waals surface area contributed by atoms with E-state index >= 15 is 0 Å². The van der Waals surface area contributed by atoms with E-state index in [4.69, 9.17) is 0 Å². The van der Waals surface area contributed by atoms with Crippen LogP contribution in [0.25, 0.3) is 0 Å². The molecule has 0 radical (unpaired) electrons. The first-order valence-electron chi connectivity index (χ1n) is 3.93. The summed E-state index contributed by atoms with van der Waals surface area (Å²) in [5, 5.41) is 4.76. The molecular weight excluding hydrogens is 202 g/mol. The van der Waals surface area contributed by atoms with Gasteiger partial charge in [0.05, 0.1) is 4.90 Å². The summed E-state index contributed by atoms with van der Waals surface area (Å²) < 4.78 is 26.1. The molecule has 76 valence electrons. The van der Waals surface area contributed by atoms with Crippen molar-refractivity contribution in [2.75, 3.05) is 14.1 Å². The van der Waals surface area contributed by atoms with Gasteiger partial charge in [-0.15, -0.1) is 0 Å². The maximum atomic E-state index is 11.4. The van der Waals surface area contributed by atoms with Crippen LogP contribution in [0, 0.1) is 0 Å². The minimum absolute atomic E-state index is 0.144. The van der Waals surface area contributed by atoms with Crippen LogP contribution >= 0.6 is 0 Å². The molecule has 6 heteroatoms. The SMILES string of the molecule is CN(C)/N=N/S(=O)(=O)c1ccccc1. The molecule has 0 saturated carbocycles. The van der Waals surface area contributed by atoms with E-state index in [9.17, 15) is 8.42 Å². The Balaban J connectivity index is 2.99. The van der Waals surface area contributed by atoms with Crippen LogP contribution in [-0.4, -0.2) is 27.5 Å². The number of rotatable bonds is 3. The molecule has 0 heterocycles. The molecule has 0 atom stereocenters. The Labute approximate surface area is 83.1 Å². The second-order valence-corrected chi connectivity index (χ2v) is 4.39. The van der Waals surface area contributed by atoms with E-state index in [0.29, 0.717) is 0 Å². The van der Waals surface area contributed by atoms with Gasteiger partial charge in [-0.2, -0.15) is 8.42 Å². The monoisotopic (exact) mass is 213 g/mol. The standard InChI is InChI=1S/C8H11N3O2S/c1-11(2)9-10-14(12,13)8-6-4-3-5-7-8/h3-7H,1-2H3/b10-9+. The van der Waals surface area contributed by atoms with Crippen LogP contribution in [0.1, 0.15) is 0 Å². The predicted octanol–water partition coefficient (Wildman–Crippen LogP) is 1.30. The fourth-order valence-corrected chi connectivity index (χ4v) is 1.60. The normalized spacial score (nSPS) is 11.9. The molecule has 14 heavy (non-hydrogen) atoms. The van der Waals surface area contributed by atoms with Gasteiger partial charge in [0.25, 0.3) is 0 Å². The molecule has 5 nitrogen and oxygen atoms in total. The molecule has 0 aliphatic heterocycles. The molecule has 0 amide bonds. The van der Waals surface area contributed by atoms with E-state index in [2.05, 4.69) is 9.74 Å². The third kappa shape index (κ3) is 2.81. The molecule has 0 aromatic heterocycles. The van der Waals surface area contributed by atoms with Gasteiger partial charge in [0.2, 0.25) is 0 Å². The van der Waals surface area contributed by atoms with Crippen molar-refractivity contribution < 1.29 is 8.42 Å². The first-order chi connectivity index (χ1) is 6.52. The van der Waals surface area contributed by atoms with Gasteiger partial charge in [-0.05, 0) is 16.7 Å². The molecule has 0 bridgehead atoms. The summed E-state index contributed by atoms with van der Waals surface area (Å²) >= 11 is 0. The van der Waals surface area contributed by atoms with Crippen LogP contribution in [0.2, 0.25) is 0 Å². The summed E-state index contributed by atoms with van der Waals surface area (Å²) in [4.78, 5) is 0.144. The second kappa shape index (κ2) is 4.19. The van der Waals surface area contributed by atoms with Crippen molar-refractivity contribution >= 4 is 10.0 Å². The highest BCUT2D eigenvalue weighted by Crippen LogP contribution is 2.11. The lowest BCUT2D eigenvalue weighted by molar-refractivity contribution is 0.410. The van der Waals surface area contributed by atoms with E-state index in [-0.39, 0.29) is 4.90 Å². The molecule has 0 aliphatic rings. The summed E-state index contributed by atoms with van der Waals surface area (Å²) in [6, 6.07) is 7.96. The second-order valence-electron chi connectivity index (χ2n) is 2.81. The lowest BCUT2D eigenvalue weighted by Crippen LogP contribution is -2.03. The maximum Gasteiger partial charge on any atom is 0.301 e. The van der Waals surface area contributed by atoms with Crippen LogP contribution in [0.3, 0.4) is 0 Å². The zero-order chi connectivity index (χ0) is 10.6. The van der Waals surface area contributed by atoms with Crippen LogP contribution in [0.4, 0.5) is 0 Å². The number of sulfonamides is 1. The highest BCUT2D eigenvalue weighted by molar-refractivity contribution is 7.90. The van der Waals surface area contributed by atoms with Crippen molar-refractivity contribution in [1.29, 1.82) is 0 Å². The van der Waals surface area contributed by atoms with Crippen molar-refractivity contribution in [2.24, 2.45) is 9.74 Å². The first kappa shape index (κ1) is 10.6. The van der Waals surface area contributed by atoms with Crippen molar-refractivity contribution in [3.63, 3.8) is 0 Å². The zero-order valence-corrected chi connectivity index (χ0v) is 8.77. The predicted molar refractivity (Wildman–Crippen MR) is 52.2 cm³/mol. The fraction of sp³-hybridized carbons (Fsp3) is 0.250. The molecule has 1 aromatic rings. The van der Waals surface area contributed by atoms with Crippen molar-refractivity contribution in [3.8, 4) is 0 Å². The van der Waals surface area contributed by atoms with Crippen LogP contribution in [-0.2, 0) is 10.0 Å². The minimum Gasteiger partial charge on any atom is -0.284 e. The van der Waals surface area contributed by atoms with Crippen molar-refractivity contribution in [2.45, 2.75) is 4.90 Å². The third-order valence-electron chi connectivity index (χ3n) is 1.36. The van der Waals surface area contributed by atoms with E-state index < -0.39 is 10.0 Å². The van der Waals surface area contributed by atoms with Gasteiger partial charge in [0, 0.05) is 14.1 Å². The molecule has 0 aliphatic carbocycles. The molecule has 0 N–H and O–H groups in total. The molecule has 0 spiro atoms. The van der Waals surface area contributed by atoms with Crippen LogP contribution in [0.5, 0.6) is 0 Å². The lowest BCUT2D eigenvalue weighted by Gasteiger charge is -2.00. The number of benzene rings is 1. The Morgan fingerprint density at radius 3 is 2.21 bits per heavy atom. The Hall–Kier alpha value is -1.43. The Kier molecular flexibility index (Phi) is 3.19.